The Hall–Kier alpha value is -3.46. The van der Waals surface area contributed by atoms with Crippen molar-refractivity contribution in [1.82, 2.24) is 14.1 Å². The fourth-order valence-electron chi connectivity index (χ4n) is 3.21. The molecule has 1 aromatic carbocycles. The van der Waals surface area contributed by atoms with Crippen LogP contribution in [-0.4, -0.2) is 38.8 Å². The second-order valence-electron chi connectivity index (χ2n) is 6.96. The molecule has 2 heterocycles. The number of methoxy groups -OCH3 is 1. The highest BCUT2D eigenvalue weighted by atomic mass is 16.5. The van der Waals surface area contributed by atoms with E-state index in [-0.39, 0.29) is 29.2 Å². The number of pyridine rings is 1. The molecule has 9 nitrogen and oxygen atoms in total. The maximum Gasteiger partial charge on any atom is 0.261 e. The molecule has 0 fully saturated rings. The zero-order valence-corrected chi connectivity index (χ0v) is 16.9. The van der Waals surface area contributed by atoms with Crippen LogP contribution in [0.4, 0.5) is 5.69 Å². The number of anilines is 1. The number of nitrogens with zero attached hydrogens (tertiary/aromatic N) is 3. The van der Waals surface area contributed by atoms with Gasteiger partial charge in [-0.3, -0.25) is 19.0 Å². The van der Waals surface area contributed by atoms with E-state index >= 15 is 0 Å². The molecule has 30 heavy (non-hydrogen) atoms. The van der Waals surface area contributed by atoms with Gasteiger partial charge in [-0.2, -0.15) is 0 Å². The molecule has 0 aliphatic carbocycles. The lowest BCUT2D eigenvalue weighted by atomic mass is 10.2. The van der Waals surface area contributed by atoms with Gasteiger partial charge in [0.05, 0.1) is 30.4 Å². The molecule has 2 N–H and O–H groups in total. The number of aryl methyl sites for hydroxylation is 1. The molecule has 0 radical (unpaired) electrons. The summed E-state index contributed by atoms with van der Waals surface area (Å²) in [6.07, 6.45) is 2.14. The molecule has 0 spiro atoms. The Morgan fingerprint density at radius 3 is 2.73 bits per heavy atom. The molecular weight excluding hydrogens is 388 g/mol. The van der Waals surface area contributed by atoms with E-state index < -0.39 is 0 Å². The van der Waals surface area contributed by atoms with E-state index in [4.69, 9.17) is 4.74 Å². The fourth-order valence-corrected chi connectivity index (χ4v) is 3.21. The molecule has 0 atom stereocenters. The summed E-state index contributed by atoms with van der Waals surface area (Å²) in [5.74, 6) is -0.291. The first-order valence-corrected chi connectivity index (χ1v) is 9.57. The number of benzene rings is 1. The third-order valence-electron chi connectivity index (χ3n) is 4.75. The van der Waals surface area contributed by atoms with Gasteiger partial charge in [0.15, 0.2) is 0 Å². The van der Waals surface area contributed by atoms with Gasteiger partial charge in [0.1, 0.15) is 5.75 Å². The summed E-state index contributed by atoms with van der Waals surface area (Å²) < 4.78 is 7.98. The highest BCUT2D eigenvalue weighted by molar-refractivity contribution is 5.93. The molecule has 0 unspecified atom stereocenters. The largest absolute Gasteiger partial charge is 0.508 e. The number of nitrogens with one attached hydrogen (secondary N) is 1. The number of hydrogen-bond acceptors (Lipinski definition) is 6. The summed E-state index contributed by atoms with van der Waals surface area (Å²) >= 11 is 0. The minimum Gasteiger partial charge on any atom is -0.508 e. The van der Waals surface area contributed by atoms with Crippen LogP contribution >= 0.6 is 0 Å². The van der Waals surface area contributed by atoms with Crippen molar-refractivity contribution in [3.63, 3.8) is 0 Å². The summed E-state index contributed by atoms with van der Waals surface area (Å²) in [7, 11) is 1.56. The standard InChI is InChI=1S/C21H24N4O5/c1-14-10-16(26)12-20(28)25(14)7-3-4-19(27)23-15-5-6-18-17(11-15)21(29)24(13-22-18)8-9-30-2/h5-6,10-13,26H,3-4,7-9H2,1-2H3,(H,23,27). The van der Waals surface area contributed by atoms with E-state index in [2.05, 4.69) is 10.3 Å². The minimum absolute atomic E-state index is 0.0708. The molecule has 158 valence electrons. The lowest BCUT2D eigenvalue weighted by molar-refractivity contribution is -0.116. The Morgan fingerprint density at radius 1 is 1.20 bits per heavy atom. The summed E-state index contributed by atoms with van der Waals surface area (Å²) in [6, 6.07) is 7.65. The Bertz CT molecular complexity index is 1180. The number of rotatable bonds is 8. The lowest BCUT2D eigenvalue weighted by Crippen LogP contribution is -2.23. The first-order valence-electron chi connectivity index (χ1n) is 9.57. The summed E-state index contributed by atoms with van der Waals surface area (Å²) in [5, 5.41) is 12.6. The molecule has 0 saturated carbocycles. The van der Waals surface area contributed by atoms with Gasteiger partial charge >= 0.3 is 0 Å². The molecule has 0 aliphatic rings. The van der Waals surface area contributed by atoms with Crippen molar-refractivity contribution in [2.75, 3.05) is 19.0 Å². The number of aromatic nitrogens is 3. The van der Waals surface area contributed by atoms with Crippen LogP contribution in [0, 0.1) is 6.92 Å². The molecule has 3 aromatic rings. The van der Waals surface area contributed by atoms with Crippen LogP contribution in [0.25, 0.3) is 10.9 Å². The third kappa shape index (κ3) is 4.93. The number of amides is 1. The van der Waals surface area contributed by atoms with Crippen molar-refractivity contribution in [3.05, 3.63) is 63.1 Å². The highest BCUT2D eigenvalue weighted by Gasteiger charge is 2.09. The number of hydrogen-bond donors (Lipinski definition) is 2. The van der Waals surface area contributed by atoms with Crippen molar-refractivity contribution in [3.8, 4) is 5.75 Å². The van der Waals surface area contributed by atoms with Gasteiger partial charge in [0, 0.05) is 37.5 Å². The van der Waals surface area contributed by atoms with Gasteiger partial charge in [0.2, 0.25) is 5.91 Å². The smallest absolute Gasteiger partial charge is 0.261 e. The van der Waals surface area contributed by atoms with Crippen molar-refractivity contribution in [1.29, 1.82) is 0 Å². The molecule has 1 amide bonds. The van der Waals surface area contributed by atoms with Gasteiger partial charge in [0.25, 0.3) is 11.1 Å². The average Bonchev–Trinajstić information content (AvgIpc) is 2.70. The lowest BCUT2D eigenvalue weighted by Gasteiger charge is -2.11. The van der Waals surface area contributed by atoms with E-state index in [0.29, 0.717) is 48.4 Å². The predicted octanol–water partition coefficient (Wildman–Crippen LogP) is 1.64. The zero-order chi connectivity index (χ0) is 21.7. The van der Waals surface area contributed by atoms with Gasteiger partial charge < -0.3 is 19.7 Å². The first-order chi connectivity index (χ1) is 14.4. The third-order valence-corrected chi connectivity index (χ3v) is 4.75. The van der Waals surface area contributed by atoms with Crippen LogP contribution in [0.5, 0.6) is 5.75 Å². The van der Waals surface area contributed by atoms with Crippen molar-refractivity contribution in [2.24, 2.45) is 0 Å². The van der Waals surface area contributed by atoms with Gasteiger partial charge in [-0.1, -0.05) is 0 Å². The Kier molecular flexibility index (Phi) is 6.63. The normalized spacial score (nSPS) is 11.0. The topological polar surface area (TPSA) is 115 Å². The number of carbonyl (C=O) groups excluding carboxylic acids is 1. The van der Waals surface area contributed by atoms with Crippen LogP contribution in [0.15, 0.2) is 46.2 Å². The van der Waals surface area contributed by atoms with Crippen molar-refractivity contribution >= 4 is 22.5 Å². The Morgan fingerprint density at radius 2 is 2.00 bits per heavy atom. The summed E-state index contributed by atoms with van der Waals surface area (Å²) in [6.45, 7) is 2.88. The van der Waals surface area contributed by atoms with Crippen LogP contribution in [0.1, 0.15) is 18.5 Å². The summed E-state index contributed by atoms with van der Waals surface area (Å²) in [5.41, 5.74) is 1.19. The molecule has 0 saturated heterocycles. The van der Waals surface area contributed by atoms with E-state index in [1.807, 2.05) is 0 Å². The second kappa shape index (κ2) is 9.36. The van der Waals surface area contributed by atoms with Gasteiger partial charge in [-0.05, 0) is 37.6 Å². The predicted molar refractivity (Wildman–Crippen MR) is 113 cm³/mol. The molecular formula is C21H24N4O5. The average molecular weight is 412 g/mol. The van der Waals surface area contributed by atoms with Crippen molar-refractivity contribution in [2.45, 2.75) is 32.9 Å². The van der Waals surface area contributed by atoms with Crippen LogP contribution < -0.4 is 16.4 Å². The van der Waals surface area contributed by atoms with Gasteiger partial charge in [-0.15, -0.1) is 0 Å². The minimum atomic E-state index is -0.306. The fraction of sp³-hybridized carbons (Fsp3) is 0.333. The maximum atomic E-state index is 12.6. The first kappa shape index (κ1) is 21.3. The van der Waals surface area contributed by atoms with E-state index in [9.17, 15) is 19.5 Å². The van der Waals surface area contributed by atoms with Crippen LogP contribution in [0.3, 0.4) is 0 Å². The number of ether oxygens (including phenoxy) is 1. The quantitative estimate of drug-likeness (QED) is 0.581. The Labute approximate surface area is 172 Å². The second-order valence-corrected chi connectivity index (χ2v) is 6.96. The SMILES string of the molecule is COCCn1cnc2ccc(NC(=O)CCCn3c(C)cc(O)cc3=O)cc2c1=O. The van der Waals surface area contributed by atoms with Crippen molar-refractivity contribution < 1.29 is 14.6 Å². The number of carbonyl (C=O) groups is 1. The zero-order valence-electron chi connectivity index (χ0n) is 16.9. The van der Waals surface area contributed by atoms with E-state index in [1.54, 1.807) is 32.2 Å². The molecule has 0 bridgehead atoms. The van der Waals surface area contributed by atoms with Crippen LogP contribution in [-0.2, 0) is 22.6 Å². The van der Waals surface area contributed by atoms with Crippen LogP contribution in [0.2, 0.25) is 0 Å². The molecule has 3 rings (SSSR count). The monoisotopic (exact) mass is 412 g/mol. The molecule has 9 heteroatoms. The Balaban J connectivity index is 1.65. The number of fused-ring (bicyclic) bond motifs is 1. The molecule has 2 aromatic heterocycles. The maximum absolute atomic E-state index is 12.6. The van der Waals surface area contributed by atoms with E-state index in [0.717, 1.165) is 6.07 Å². The highest BCUT2D eigenvalue weighted by Crippen LogP contribution is 2.15. The molecule has 0 aliphatic heterocycles. The number of aromatic hydroxyl groups is 1. The van der Waals surface area contributed by atoms with E-state index in [1.165, 1.54) is 21.5 Å². The summed E-state index contributed by atoms with van der Waals surface area (Å²) in [4.78, 5) is 41.1. The van der Waals surface area contributed by atoms with Gasteiger partial charge in [-0.25, -0.2) is 4.98 Å².